The molecule has 4 nitrogen and oxygen atoms in total. The number of quaternary nitrogens is 1. The van der Waals surface area contributed by atoms with E-state index in [0.717, 1.165) is 29.2 Å². The van der Waals surface area contributed by atoms with Crippen molar-refractivity contribution >= 4 is 5.91 Å². The maximum Gasteiger partial charge on any atom is 0.275 e. The van der Waals surface area contributed by atoms with Gasteiger partial charge in [-0.2, -0.15) is 0 Å². The van der Waals surface area contributed by atoms with Gasteiger partial charge in [0.25, 0.3) is 5.91 Å². The largest absolute Gasteiger partial charge is 0.497 e. The fourth-order valence-electron chi connectivity index (χ4n) is 3.46. The van der Waals surface area contributed by atoms with Crippen molar-refractivity contribution < 1.29 is 14.4 Å². The van der Waals surface area contributed by atoms with Crippen molar-refractivity contribution in [2.24, 2.45) is 0 Å². The number of amides is 1. The smallest absolute Gasteiger partial charge is 0.275 e. The predicted molar refractivity (Wildman–Crippen MR) is 116 cm³/mol. The molecule has 0 heterocycles. The number of hydrogen-bond donors (Lipinski definition) is 2. The first-order valence-electron chi connectivity index (χ1n) is 9.96. The Balaban J connectivity index is 1.61. The zero-order valence-corrected chi connectivity index (χ0v) is 17.1. The van der Waals surface area contributed by atoms with Crippen LogP contribution < -0.4 is 15.0 Å². The second kappa shape index (κ2) is 10.4. The highest BCUT2D eigenvalue weighted by Crippen LogP contribution is 2.18. The van der Waals surface area contributed by atoms with E-state index in [2.05, 4.69) is 29.6 Å². The maximum absolute atomic E-state index is 12.8. The summed E-state index contributed by atoms with van der Waals surface area (Å²) in [5.41, 5.74) is 3.51. The zero-order valence-electron chi connectivity index (χ0n) is 17.1. The molecule has 1 unspecified atom stereocenters. The van der Waals surface area contributed by atoms with Crippen LogP contribution in [0.15, 0.2) is 84.9 Å². The second-order valence-corrected chi connectivity index (χ2v) is 7.38. The third-order valence-electron chi connectivity index (χ3n) is 4.95. The summed E-state index contributed by atoms with van der Waals surface area (Å²) in [4.78, 5) is 13.9. The molecule has 0 aliphatic carbocycles. The van der Waals surface area contributed by atoms with Gasteiger partial charge in [0, 0.05) is 5.56 Å². The van der Waals surface area contributed by atoms with Gasteiger partial charge in [0.15, 0.2) is 6.54 Å². The molecule has 0 aromatic heterocycles. The standard InChI is InChI=1S/C25H28N2O2/c1-27(18-21-13-15-23(29-2)16-14-21)19-25(28)26-24(22-11-7-4-8-12-22)17-20-9-5-3-6-10-20/h3-16,24H,17-19H2,1-2H3,(H,26,28)/p+1/t24-/m0/s1. The summed E-state index contributed by atoms with van der Waals surface area (Å²) in [5.74, 6) is 0.900. The van der Waals surface area contributed by atoms with Crippen molar-refractivity contribution in [3.05, 3.63) is 102 Å². The predicted octanol–water partition coefficient (Wildman–Crippen LogP) is 2.81. The van der Waals surface area contributed by atoms with Crippen molar-refractivity contribution in [3.63, 3.8) is 0 Å². The van der Waals surface area contributed by atoms with Crippen LogP contribution in [0.4, 0.5) is 0 Å². The molecule has 150 valence electrons. The number of rotatable bonds is 9. The summed E-state index contributed by atoms with van der Waals surface area (Å²) >= 11 is 0. The van der Waals surface area contributed by atoms with Crippen LogP contribution in [0, 0.1) is 0 Å². The van der Waals surface area contributed by atoms with Gasteiger partial charge in [-0.05, 0) is 41.8 Å². The monoisotopic (exact) mass is 389 g/mol. The van der Waals surface area contributed by atoms with Crippen molar-refractivity contribution in [1.82, 2.24) is 5.32 Å². The molecule has 0 fully saturated rings. The topological polar surface area (TPSA) is 42.8 Å². The Bertz CT molecular complexity index is 880. The van der Waals surface area contributed by atoms with E-state index >= 15 is 0 Å². The van der Waals surface area contributed by atoms with E-state index in [1.807, 2.05) is 67.7 Å². The lowest BCUT2D eigenvalue weighted by atomic mass is 9.99. The molecule has 3 rings (SSSR count). The molecule has 0 aliphatic rings. The van der Waals surface area contributed by atoms with Crippen LogP contribution in [-0.2, 0) is 17.8 Å². The van der Waals surface area contributed by atoms with Crippen LogP contribution in [0.5, 0.6) is 5.75 Å². The van der Waals surface area contributed by atoms with Crippen LogP contribution in [0.3, 0.4) is 0 Å². The molecule has 0 bridgehead atoms. The number of carbonyl (C=O) groups is 1. The lowest BCUT2D eigenvalue weighted by molar-refractivity contribution is -0.885. The third kappa shape index (κ3) is 6.47. The Labute approximate surface area is 173 Å². The minimum absolute atomic E-state index is 0.0418. The molecular weight excluding hydrogens is 360 g/mol. The van der Waals surface area contributed by atoms with Crippen molar-refractivity contribution in [2.45, 2.75) is 19.0 Å². The van der Waals surface area contributed by atoms with E-state index in [0.29, 0.717) is 6.54 Å². The number of hydrogen-bond acceptors (Lipinski definition) is 2. The summed E-state index contributed by atoms with van der Waals surface area (Å²) in [7, 11) is 3.70. The summed E-state index contributed by atoms with van der Waals surface area (Å²) in [6.07, 6.45) is 0.772. The second-order valence-electron chi connectivity index (χ2n) is 7.38. The highest BCUT2D eigenvalue weighted by atomic mass is 16.5. The number of ether oxygens (including phenoxy) is 1. The van der Waals surface area contributed by atoms with E-state index < -0.39 is 0 Å². The van der Waals surface area contributed by atoms with Crippen LogP contribution in [-0.4, -0.2) is 26.6 Å². The number of likely N-dealkylation sites (N-methyl/N-ethyl adjacent to an activating group) is 1. The quantitative estimate of drug-likeness (QED) is 0.591. The molecule has 4 heteroatoms. The molecule has 3 aromatic rings. The van der Waals surface area contributed by atoms with Gasteiger partial charge < -0.3 is 15.0 Å². The molecular formula is C25H29N2O2+. The summed E-state index contributed by atoms with van der Waals surface area (Å²) in [6.45, 7) is 1.20. The summed E-state index contributed by atoms with van der Waals surface area (Å²) in [5, 5.41) is 3.24. The third-order valence-corrected chi connectivity index (χ3v) is 4.95. The Hall–Kier alpha value is -3.11. The van der Waals surface area contributed by atoms with Crippen LogP contribution >= 0.6 is 0 Å². The molecule has 0 radical (unpaired) electrons. The van der Waals surface area contributed by atoms with Crippen molar-refractivity contribution in [1.29, 1.82) is 0 Å². The van der Waals surface area contributed by atoms with Crippen LogP contribution in [0.1, 0.15) is 22.7 Å². The lowest BCUT2D eigenvalue weighted by Crippen LogP contribution is -3.08. The highest BCUT2D eigenvalue weighted by molar-refractivity contribution is 5.77. The number of carbonyl (C=O) groups excluding carboxylic acids is 1. The first-order valence-corrected chi connectivity index (χ1v) is 9.96. The number of benzene rings is 3. The Morgan fingerprint density at radius 2 is 1.52 bits per heavy atom. The molecule has 0 saturated carbocycles. The average molecular weight is 390 g/mol. The van der Waals surface area contributed by atoms with Gasteiger partial charge in [-0.15, -0.1) is 0 Å². The van der Waals surface area contributed by atoms with E-state index in [1.165, 1.54) is 11.1 Å². The first-order chi connectivity index (χ1) is 14.1. The highest BCUT2D eigenvalue weighted by Gasteiger charge is 2.18. The fourth-order valence-corrected chi connectivity index (χ4v) is 3.46. The maximum atomic E-state index is 12.8. The van der Waals surface area contributed by atoms with Crippen LogP contribution in [0.2, 0.25) is 0 Å². The Morgan fingerprint density at radius 1 is 0.897 bits per heavy atom. The molecule has 2 atom stereocenters. The lowest BCUT2D eigenvalue weighted by Gasteiger charge is -2.21. The van der Waals surface area contributed by atoms with Gasteiger partial charge in [0.1, 0.15) is 12.3 Å². The van der Waals surface area contributed by atoms with E-state index in [4.69, 9.17) is 4.74 Å². The molecule has 1 amide bonds. The summed E-state index contributed by atoms with van der Waals surface area (Å²) < 4.78 is 5.20. The first kappa shape index (κ1) is 20.6. The molecule has 0 saturated heterocycles. The number of methoxy groups -OCH3 is 1. The van der Waals surface area contributed by atoms with E-state index in [-0.39, 0.29) is 11.9 Å². The fraction of sp³-hybridized carbons (Fsp3) is 0.240. The van der Waals surface area contributed by atoms with Gasteiger partial charge in [0.2, 0.25) is 0 Å². The van der Waals surface area contributed by atoms with E-state index in [9.17, 15) is 4.79 Å². The molecule has 0 aliphatic heterocycles. The van der Waals surface area contributed by atoms with Gasteiger partial charge >= 0.3 is 0 Å². The normalized spacial score (nSPS) is 12.8. The molecule has 29 heavy (non-hydrogen) atoms. The summed E-state index contributed by atoms with van der Waals surface area (Å²) in [6, 6.07) is 28.4. The van der Waals surface area contributed by atoms with Gasteiger partial charge in [-0.3, -0.25) is 4.79 Å². The Kier molecular flexibility index (Phi) is 7.42. The average Bonchev–Trinajstić information content (AvgIpc) is 2.75. The van der Waals surface area contributed by atoms with Gasteiger partial charge in [0.05, 0.1) is 20.2 Å². The molecule has 2 N–H and O–H groups in total. The number of nitrogens with one attached hydrogen (secondary N) is 2. The van der Waals surface area contributed by atoms with E-state index in [1.54, 1.807) is 7.11 Å². The zero-order chi connectivity index (χ0) is 20.5. The van der Waals surface area contributed by atoms with Gasteiger partial charge in [-0.25, -0.2) is 0 Å². The van der Waals surface area contributed by atoms with Crippen molar-refractivity contribution in [3.8, 4) is 5.75 Å². The minimum atomic E-state index is -0.0418. The SMILES string of the molecule is COc1ccc(C[NH+](C)CC(=O)N[C@@H](Cc2ccccc2)c2ccccc2)cc1. The van der Waals surface area contributed by atoms with Gasteiger partial charge in [-0.1, -0.05) is 60.7 Å². The molecule has 3 aromatic carbocycles. The molecule has 0 spiro atoms. The van der Waals surface area contributed by atoms with Crippen LogP contribution in [0.25, 0.3) is 0 Å². The minimum Gasteiger partial charge on any atom is -0.497 e. The Morgan fingerprint density at radius 3 is 2.14 bits per heavy atom. The van der Waals surface area contributed by atoms with Crippen molar-refractivity contribution in [2.75, 3.05) is 20.7 Å².